The zero-order chi connectivity index (χ0) is 17.6. The summed E-state index contributed by atoms with van der Waals surface area (Å²) >= 11 is 0. The summed E-state index contributed by atoms with van der Waals surface area (Å²) in [4.78, 5) is 17.4. The highest BCUT2D eigenvalue weighted by Gasteiger charge is 2.36. The summed E-state index contributed by atoms with van der Waals surface area (Å²) in [7, 11) is 0. The third kappa shape index (κ3) is 2.50. The van der Waals surface area contributed by atoms with Gasteiger partial charge in [-0.1, -0.05) is 12.1 Å². The van der Waals surface area contributed by atoms with E-state index in [2.05, 4.69) is 10.3 Å². The minimum Gasteiger partial charge on any atom is -0.467 e. The second-order valence-electron chi connectivity index (χ2n) is 6.33. The van der Waals surface area contributed by atoms with Crippen molar-refractivity contribution in [3.8, 4) is 0 Å². The van der Waals surface area contributed by atoms with Gasteiger partial charge in [-0.15, -0.1) is 0 Å². The number of allylic oxidation sites excluding steroid dienone is 1. The Labute approximate surface area is 145 Å². The van der Waals surface area contributed by atoms with Gasteiger partial charge >= 0.3 is 5.97 Å². The van der Waals surface area contributed by atoms with E-state index < -0.39 is 6.04 Å². The Hall–Kier alpha value is -3.02. The van der Waals surface area contributed by atoms with Crippen molar-refractivity contribution in [2.24, 2.45) is 0 Å². The number of anilines is 1. The van der Waals surface area contributed by atoms with E-state index in [9.17, 15) is 4.79 Å². The van der Waals surface area contributed by atoms with Crippen molar-refractivity contribution in [1.29, 1.82) is 0 Å². The van der Waals surface area contributed by atoms with Gasteiger partial charge in [0.15, 0.2) is 0 Å². The second kappa shape index (κ2) is 5.81. The smallest absolute Gasteiger partial charge is 0.338 e. The number of ether oxygens (including phenoxy) is 1. The maximum absolute atomic E-state index is 12.8. The van der Waals surface area contributed by atoms with E-state index in [1.165, 1.54) is 0 Å². The third-order valence-corrected chi connectivity index (χ3v) is 4.21. The average molecular weight is 337 g/mol. The Balaban J connectivity index is 1.94. The monoisotopic (exact) mass is 337 g/mol. The molecule has 3 aromatic rings. The summed E-state index contributed by atoms with van der Waals surface area (Å²) in [5.41, 5.74) is 3.02. The Morgan fingerprint density at radius 2 is 2.08 bits per heavy atom. The predicted octanol–water partition coefficient (Wildman–Crippen LogP) is 3.87. The molecular weight excluding hydrogens is 318 g/mol. The van der Waals surface area contributed by atoms with Crippen LogP contribution in [0.25, 0.3) is 11.0 Å². The number of para-hydroxylation sites is 2. The van der Waals surface area contributed by atoms with Gasteiger partial charge < -0.3 is 14.5 Å². The molecule has 0 spiro atoms. The number of benzene rings is 1. The molecule has 6 heteroatoms. The van der Waals surface area contributed by atoms with Crippen molar-refractivity contribution in [2.45, 2.75) is 32.9 Å². The van der Waals surface area contributed by atoms with Crippen LogP contribution in [0.5, 0.6) is 0 Å². The van der Waals surface area contributed by atoms with Crippen molar-refractivity contribution in [3.05, 3.63) is 59.7 Å². The number of aromatic nitrogens is 2. The molecule has 0 saturated heterocycles. The zero-order valence-electron chi connectivity index (χ0n) is 14.3. The summed E-state index contributed by atoms with van der Waals surface area (Å²) in [5.74, 6) is 0.993. The van der Waals surface area contributed by atoms with Crippen molar-refractivity contribution in [2.75, 3.05) is 5.32 Å². The molecule has 0 radical (unpaired) electrons. The molecule has 0 amide bonds. The highest BCUT2D eigenvalue weighted by atomic mass is 16.5. The van der Waals surface area contributed by atoms with E-state index in [0.717, 1.165) is 16.7 Å². The number of carbonyl (C=O) groups is 1. The van der Waals surface area contributed by atoms with Crippen LogP contribution >= 0.6 is 0 Å². The van der Waals surface area contributed by atoms with Crippen molar-refractivity contribution in [3.63, 3.8) is 0 Å². The first kappa shape index (κ1) is 15.5. The SMILES string of the molecule is CC1=C(C(=O)OC(C)C)[C@@H](c2ccco2)n2c(nc3ccccc32)N1. The highest BCUT2D eigenvalue weighted by molar-refractivity contribution is 5.94. The van der Waals surface area contributed by atoms with Crippen LogP contribution in [0.4, 0.5) is 5.95 Å². The molecule has 25 heavy (non-hydrogen) atoms. The van der Waals surface area contributed by atoms with Crippen LogP contribution in [0.3, 0.4) is 0 Å². The normalized spacial score (nSPS) is 16.9. The van der Waals surface area contributed by atoms with Gasteiger partial charge in [-0.05, 0) is 45.0 Å². The van der Waals surface area contributed by atoms with Crippen LogP contribution in [0.1, 0.15) is 32.6 Å². The second-order valence-corrected chi connectivity index (χ2v) is 6.33. The predicted molar refractivity (Wildman–Crippen MR) is 94.1 cm³/mol. The lowest BCUT2D eigenvalue weighted by Gasteiger charge is -2.29. The lowest BCUT2D eigenvalue weighted by molar-refractivity contribution is -0.143. The van der Waals surface area contributed by atoms with Crippen molar-refractivity contribution in [1.82, 2.24) is 9.55 Å². The number of nitrogens with zero attached hydrogens (tertiary/aromatic N) is 2. The zero-order valence-corrected chi connectivity index (χ0v) is 14.3. The number of carbonyl (C=O) groups excluding carboxylic acids is 1. The molecule has 1 aliphatic rings. The van der Waals surface area contributed by atoms with Gasteiger partial charge in [0.05, 0.1) is 29.0 Å². The van der Waals surface area contributed by atoms with Crippen LogP contribution in [0.2, 0.25) is 0 Å². The van der Waals surface area contributed by atoms with Gasteiger partial charge in [0, 0.05) is 5.70 Å². The summed E-state index contributed by atoms with van der Waals surface area (Å²) < 4.78 is 13.1. The molecule has 0 bridgehead atoms. The minimum absolute atomic E-state index is 0.203. The van der Waals surface area contributed by atoms with Gasteiger partial charge in [0.2, 0.25) is 5.95 Å². The highest BCUT2D eigenvalue weighted by Crippen LogP contribution is 2.39. The number of rotatable bonds is 3. The lowest BCUT2D eigenvalue weighted by atomic mass is 10.00. The topological polar surface area (TPSA) is 69.3 Å². The van der Waals surface area contributed by atoms with Gasteiger partial charge in [-0.25, -0.2) is 9.78 Å². The fourth-order valence-corrected chi connectivity index (χ4v) is 3.22. The molecular formula is C19H19N3O3. The Morgan fingerprint density at radius 3 is 2.80 bits per heavy atom. The number of furan rings is 1. The van der Waals surface area contributed by atoms with Gasteiger partial charge in [0.1, 0.15) is 11.8 Å². The fourth-order valence-electron chi connectivity index (χ4n) is 3.22. The molecule has 1 aliphatic heterocycles. The first-order valence-electron chi connectivity index (χ1n) is 8.25. The van der Waals surface area contributed by atoms with Gasteiger partial charge in [-0.3, -0.25) is 4.57 Å². The average Bonchev–Trinajstić information content (AvgIpc) is 3.20. The molecule has 1 atom stereocenters. The maximum Gasteiger partial charge on any atom is 0.338 e. The van der Waals surface area contributed by atoms with E-state index in [1.54, 1.807) is 6.26 Å². The molecule has 3 heterocycles. The summed E-state index contributed by atoms with van der Waals surface area (Å²) in [6.45, 7) is 5.53. The molecule has 6 nitrogen and oxygen atoms in total. The molecule has 0 unspecified atom stereocenters. The molecule has 0 saturated carbocycles. The summed E-state index contributed by atoms with van der Waals surface area (Å²) in [5, 5.41) is 3.23. The number of nitrogens with one attached hydrogen (secondary N) is 1. The molecule has 4 rings (SSSR count). The number of hydrogen-bond donors (Lipinski definition) is 1. The molecule has 1 N–H and O–H groups in total. The standard InChI is InChI=1S/C19H19N3O3/c1-11(2)25-18(23)16-12(3)20-19-21-13-7-4-5-8-14(13)22(19)17(16)15-9-6-10-24-15/h4-11,17H,1-3H3,(H,20,21)/t17-/m1/s1. The largest absolute Gasteiger partial charge is 0.467 e. The van der Waals surface area contributed by atoms with E-state index in [-0.39, 0.29) is 12.1 Å². The van der Waals surface area contributed by atoms with Crippen LogP contribution in [0, 0.1) is 0 Å². The minimum atomic E-state index is -0.426. The molecule has 0 fully saturated rings. The van der Waals surface area contributed by atoms with E-state index >= 15 is 0 Å². The Morgan fingerprint density at radius 1 is 1.28 bits per heavy atom. The third-order valence-electron chi connectivity index (χ3n) is 4.21. The van der Waals surface area contributed by atoms with E-state index in [0.29, 0.717) is 17.3 Å². The molecule has 128 valence electrons. The van der Waals surface area contributed by atoms with Crippen LogP contribution in [-0.4, -0.2) is 21.6 Å². The number of imidazole rings is 1. The Bertz CT molecular complexity index is 967. The van der Waals surface area contributed by atoms with Crippen molar-refractivity contribution >= 4 is 23.0 Å². The maximum atomic E-state index is 12.8. The van der Waals surface area contributed by atoms with E-state index in [4.69, 9.17) is 9.15 Å². The van der Waals surface area contributed by atoms with Crippen molar-refractivity contribution < 1.29 is 13.9 Å². The van der Waals surface area contributed by atoms with Crippen LogP contribution < -0.4 is 5.32 Å². The lowest BCUT2D eigenvalue weighted by Crippen LogP contribution is -2.29. The first-order valence-corrected chi connectivity index (χ1v) is 8.25. The number of hydrogen-bond acceptors (Lipinski definition) is 5. The number of esters is 1. The summed E-state index contributed by atoms with van der Waals surface area (Å²) in [6, 6.07) is 11.1. The Kier molecular flexibility index (Phi) is 3.60. The van der Waals surface area contributed by atoms with Crippen LogP contribution in [0.15, 0.2) is 58.3 Å². The molecule has 2 aromatic heterocycles. The quantitative estimate of drug-likeness (QED) is 0.735. The van der Waals surface area contributed by atoms with Gasteiger partial charge in [0.25, 0.3) is 0 Å². The first-order chi connectivity index (χ1) is 12.1. The van der Waals surface area contributed by atoms with Gasteiger partial charge in [-0.2, -0.15) is 0 Å². The summed E-state index contributed by atoms with van der Waals surface area (Å²) in [6.07, 6.45) is 1.41. The van der Waals surface area contributed by atoms with Crippen LogP contribution in [-0.2, 0) is 9.53 Å². The molecule has 1 aromatic carbocycles. The van der Waals surface area contributed by atoms with E-state index in [1.807, 2.05) is 61.7 Å². The number of fused-ring (bicyclic) bond motifs is 3. The fraction of sp³-hybridized carbons (Fsp3) is 0.263. The molecule has 0 aliphatic carbocycles.